The molecular weight excluding hydrogens is 291 g/mol. The average Bonchev–Trinajstić information content (AvgIpc) is 2.98. The van der Waals surface area contributed by atoms with Gasteiger partial charge < -0.3 is 11.1 Å². The molecule has 3 nitrogen and oxygen atoms in total. The summed E-state index contributed by atoms with van der Waals surface area (Å²) < 4.78 is 13.1. The van der Waals surface area contributed by atoms with Gasteiger partial charge in [0, 0.05) is 11.1 Å². The van der Waals surface area contributed by atoms with Crippen molar-refractivity contribution in [3.63, 3.8) is 0 Å². The van der Waals surface area contributed by atoms with Crippen LogP contribution < -0.4 is 11.1 Å². The minimum absolute atomic E-state index is 0.00240. The molecule has 3 N–H and O–H groups in total. The van der Waals surface area contributed by atoms with Gasteiger partial charge in [0.15, 0.2) is 0 Å². The van der Waals surface area contributed by atoms with Crippen LogP contribution >= 0.6 is 11.6 Å². The number of nitrogens with two attached hydrogens (primary N) is 1. The molecule has 2 fully saturated rings. The van der Waals surface area contributed by atoms with Crippen LogP contribution in [-0.2, 0) is 4.79 Å². The maximum Gasteiger partial charge on any atom is 0.225 e. The zero-order chi connectivity index (χ0) is 15.1. The van der Waals surface area contributed by atoms with E-state index in [9.17, 15) is 9.18 Å². The SMILES string of the molecule is CC(NC(=O)C1C2CCC(C2)C1N)c1ccc(F)cc1Cl. The van der Waals surface area contributed by atoms with Crippen molar-refractivity contribution >= 4 is 17.5 Å². The van der Waals surface area contributed by atoms with E-state index in [0.29, 0.717) is 16.9 Å². The van der Waals surface area contributed by atoms with Gasteiger partial charge in [-0.2, -0.15) is 0 Å². The van der Waals surface area contributed by atoms with Crippen molar-refractivity contribution in [2.45, 2.75) is 38.3 Å². The fourth-order valence-corrected chi connectivity index (χ4v) is 4.30. The molecule has 5 atom stereocenters. The monoisotopic (exact) mass is 310 g/mol. The minimum Gasteiger partial charge on any atom is -0.349 e. The Labute approximate surface area is 129 Å². The number of nitrogens with one attached hydrogen (secondary N) is 1. The van der Waals surface area contributed by atoms with Gasteiger partial charge in [0.2, 0.25) is 5.91 Å². The van der Waals surface area contributed by atoms with Crippen LogP contribution in [0.4, 0.5) is 4.39 Å². The van der Waals surface area contributed by atoms with Crippen LogP contribution in [0.1, 0.15) is 37.8 Å². The third-order valence-electron chi connectivity index (χ3n) is 5.07. The molecule has 0 saturated heterocycles. The second-order valence-electron chi connectivity index (χ2n) is 6.33. The fourth-order valence-electron chi connectivity index (χ4n) is 3.96. The molecule has 0 aromatic heterocycles. The maximum absolute atomic E-state index is 13.1. The smallest absolute Gasteiger partial charge is 0.225 e. The van der Waals surface area contributed by atoms with E-state index in [1.54, 1.807) is 6.07 Å². The lowest BCUT2D eigenvalue weighted by molar-refractivity contribution is -0.127. The lowest BCUT2D eigenvalue weighted by Crippen LogP contribution is -2.45. The first-order valence-corrected chi connectivity index (χ1v) is 7.86. The molecule has 1 amide bonds. The van der Waals surface area contributed by atoms with Gasteiger partial charge in [-0.05, 0) is 55.7 Å². The molecule has 5 unspecified atom stereocenters. The van der Waals surface area contributed by atoms with Crippen molar-refractivity contribution in [1.29, 1.82) is 0 Å². The second kappa shape index (κ2) is 5.58. The van der Waals surface area contributed by atoms with E-state index in [-0.39, 0.29) is 29.7 Å². The highest BCUT2D eigenvalue weighted by molar-refractivity contribution is 6.31. The van der Waals surface area contributed by atoms with Crippen LogP contribution in [0.5, 0.6) is 0 Å². The van der Waals surface area contributed by atoms with Crippen molar-refractivity contribution in [2.24, 2.45) is 23.5 Å². The Kier molecular flexibility index (Phi) is 3.93. The van der Waals surface area contributed by atoms with Gasteiger partial charge in [0.05, 0.1) is 12.0 Å². The van der Waals surface area contributed by atoms with E-state index in [0.717, 1.165) is 24.8 Å². The van der Waals surface area contributed by atoms with Crippen molar-refractivity contribution in [1.82, 2.24) is 5.32 Å². The topological polar surface area (TPSA) is 55.1 Å². The number of benzene rings is 1. The first kappa shape index (κ1) is 14.8. The van der Waals surface area contributed by atoms with Crippen molar-refractivity contribution in [3.8, 4) is 0 Å². The van der Waals surface area contributed by atoms with Gasteiger partial charge in [-0.25, -0.2) is 4.39 Å². The molecule has 2 aliphatic carbocycles. The summed E-state index contributed by atoms with van der Waals surface area (Å²) in [4.78, 5) is 12.5. The quantitative estimate of drug-likeness (QED) is 0.901. The minimum atomic E-state index is -0.377. The first-order valence-electron chi connectivity index (χ1n) is 7.48. The van der Waals surface area contributed by atoms with Gasteiger partial charge in [-0.3, -0.25) is 4.79 Å². The van der Waals surface area contributed by atoms with Crippen molar-refractivity contribution in [2.75, 3.05) is 0 Å². The number of halogens is 2. The van der Waals surface area contributed by atoms with Crippen LogP contribution in [0.2, 0.25) is 5.02 Å². The summed E-state index contributed by atoms with van der Waals surface area (Å²) in [7, 11) is 0. The number of fused-ring (bicyclic) bond motifs is 2. The highest BCUT2D eigenvalue weighted by Crippen LogP contribution is 2.47. The molecule has 2 saturated carbocycles. The Balaban J connectivity index is 1.70. The summed E-state index contributed by atoms with van der Waals surface area (Å²) >= 11 is 6.04. The Morgan fingerprint density at radius 3 is 2.76 bits per heavy atom. The molecule has 1 aromatic carbocycles. The Hall–Kier alpha value is -1.13. The molecule has 2 bridgehead atoms. The zero-order valence-electron chi connectivity index (χ0n) is 12.0. The Morgan fingerprint density at radius 2 is 2.14 bits per heavy atom. The van der Waals surface area contributed by atoms with E-state index in [1.807, 2.05) is 6.92 Å². The lowest BCUT2D eigenvalue weighted by atomic mass is 9.84. The lowest BCUT2D eigenvalue weighted by Gasteiger charge is -2.28. The van der Waals surface area contributed by atoms with E-state index >= 15 is 0 Å². The van der Waals surface area contributed by atoms with Gasteiger partial charge in [0.25, 0.3) is 0 Å². The highest BCUT2D eigenvalue weighted by atomic mass is 35.5. The molecule has 0 radical (unpaired) electrons. The number of carbonyl (C=O) groups is 1. The van der Waals surface area contributed by atoms with Crippen LogP contribution in [0.3, 0.4) is 0 Å². The van der Waals surface area contributed by atoms with Gasteiger partial charge >= 0.3 is 0 Å². The predicted molar refractivity (Wildman–Crippen MR) is 80.3 cm³/mol. The molecule has 114 valence electrons. The number of rotatable bonds is 3. The molecule has 1 aromatic rings. The largest absolute Gasteiger partial charge is 0.349 e. The number of hydrogen-bond acceptors (Lipinski definition) is 2. The van der Waals surface area contributed by atoms with Gasteiger partial charge in [0.1, 0.15) is 5.82 Å². The molecule has 3 rings (SSSR count). The summed E-state index contributed by atoms with van der Waals surface area (Å²) in [6.07, 6.45) is 3.32. The van der Waals surface area contributed by atoms with E-state index in [1.165, 1.54) is 12.1 Å². The summed E-state index contributed by atoms with van der Waals surface area (Å²) in [5, 5.41) is 3.32. The van der Waals surface area contributed by atoms with Crippen molar-refractivity contribution in [3.05, 3.63) is 34.6 Å². The normalized spacial score (nSPS) is 32.2. The summed E-state index contributed by atoms with van der Waals surface area (Å²) in [5.74, 6) is 0.446. The number of amides is 1. The van der Waals surface area contributed by atoms with Crippen molar-refractivity contribution < 1.29 is 9.18 Å². The number of carbonyl (C=O) groups excluding carboxylic acids is 1. The standard InChI is InChI=1S/C16H20ClFN2O/c1-8(12-5-4-11(18)7-13(12)17)20-16(21)14-9-2-3-10(6-9)15(14)19/h4-5,7-10,14-15H,2-3,6,19H2,1H3,(H,20,21). The summed E-state index contributed by atoms with van der Waals surface area (Å²) in [5.41, 5.74) is 6.92. The van der Waals surface area contributed by atoms with Crippen LogP contribution in [0.25, 0.3) is 0 Å². The maximum atomic E-state index is 13.1. The van der Waals surface area contributed by atoms with E-state index in [2.05, 4.69) is 5.32 Å². The summed E-state index contributed by atoms with van der Waals surface area (Å²) in [6, 6.07) is 3.95. The van der Waals surface area contributed by atoms with E-state index in [4.69, 9.17) is 17.3 Å². The molecular formula is C16H20ClFN2O. The van der Waals surface area contributed by atoms with Gasteiger partial charge in [-0.15, -0.1) is 0 Å². The Bertz CT molecular complexity index is 563. The third-order valence-corrected chi connectivity index (χ3v) is 5.40. The molecule has 0 spiro atoms. The number of hydrogen-bond donors (Lipinski definition) is 2. The Morgan fingerprint density at radius 1 is 1.43 bits per heavy atom. The molecule has 2 aliphatic rings. The zero-order valence-corrected chi connectivity index (χ0v) is 12.7. The predicted octanol–water partition coefficient (Wildman–Crippen LogP) is 3.03. The first-order chi connectivity index (χ1) is 9.97. The van der Waals surface area contributed by atoms with Crippen LogP contribution in [0.15, 0.2) is 18.2 Å². The highest BCUT2D eigenvalue weighted by Gasteiger charge is 2.49. The van der Waals surface area contributed by atoms with Crippen LogP contribution in [0, 0.1) is 23.6 Å². The average molecular weight is 311 g/mol. The molecule has 0 aliphatic heterocycles. The molecule has 21 heavy (non-hydrogen) atoms. The van der Waals surface area contributed by atoms with E-state index < -0.39 is 0 Å². The molecule has 5 heteroatoms. The third kappa shape index (κ3) is 2.67. The summed E-state index contributed by atoms with van der Waals surface area (Å²) in [6.45, 7) is 1.86. The van der Waals surface area contributed by atoms with Gasteiger partial charge in [-0.1, -0.05) is 17.7 Å². The van der Waals surface area contributed by atoms with Crippen LogP contribution in [-0.4, -0.2) is 11.9 Å². The fraction of sp³-hybridized carbons (Fsp3) is 0.562. The second-order valence-corrected chi connectivity index (χ2v) is 6.74. The molecule has 0 heterocycles.